The molecule has 0 aliphatic heterocycles. The average Bonchev–Trinajstić information content (AvgIpc) is 3.70. The highest BCUT2D eigenvalue weighted by Gasteiger charge is 2.35. The van der Waals surface area contributed by atoms with Crippen LogP contribution in [0.3, 0.4) is 0 Å². The summed E-state index contributed by atoms with van der Waals surface area (Å²) in [4.78, 5) is 54.8. The summed E-state index contributed by atoms with van der Waals surface area (Å²) in [6, 6.07) is 0. The quantitative estimate of drug-likeness (QED) is 0.0194. The zero-order valence-corrected chi connectivity index (χ0v) is 33.4. The lowest BCUT2D eigenvalue weighted by atomic mass is 9.84. The molecule has 0 aromatic carbocycles. The first kappa shape index (κ1) is 46.7. The molecular weight excluding hydrogens is 678 g/mol. The van der Waals surface area contributed by atoms with E-state index in [0.717, 1.165) is 51.4 Å². The van der Waals surface area contributed by atoms with Crippen molar-refractivity contribution in [1.29, 1.82) is 0 Å². The topological polar surface area (TPSA) is 107 Å². The molecule has 1 unspecified atom stereocenters. The van der Waals surface area contributed by atoms with Crippen LogP contribution >= 0.6 is 0 Å². The smallest absolute Gasteiger partial charge is 0.372 e. The highest BCUT2D eigenvalue weighted by molar-refractivity contribution is 5.91. The molecule has 2 rings (SSSR count). The molecule has 0 heterocycles. The SMILES string of the molecule is CCCCCCCC[C@H]1CCC(=O)[C@@H]1CCCCC=C(F)C(=O)OC(=C(CCF)C(=O)OO)C(CC)CCC[C@H]1C(=O)CC[C@@H]1CCCCCCCC. The first-order valence-electron chi connectivity index (χ1n) is 21.5. The molecule has 2 aliphatic rings. The Labute approximate surface area is 319 Å². The fourth-order valence-corrected chi connectivity index (χ4v) is 8.75. The van der Waals surface area contributed by atoms with Crippen LogP contribution in [0.4, 0.5) is 8.78 Å². The van der Waals surface area contributed by atoms with Crippen molar-refractivity contribution in [2.45, 2.75) is 194 Å². The first-order valence-corrected chi connectivity index (χ1v) is 21.5. The molecule has 0 bridgehead atoms. The normalized spacial score (nSPS) is 21.6. The number of halogens is 2. The molecule has 7 nitrogen and oxygen atoms in total. The van der Waals surface area contributed by atoms with E-state index in [-0.39, 0.29) is 35.4 Å². The van der Waals surface area contributed by atoms with E-state index >= 15 is 4.39 Å². The van der Waals surface area contributed by atoms with E-state index in [1.165, 1.54) is 70.3 Å². The van der Waals surface area contributed by atoms with Crippen molar-refractivity contribution in [3.63, 3.8) is 0 Å². The van der Waals surface area contributed by atoms with Crippen molar-refractivity contribution in [3.05, 3.63) is 23.2 Å². The maximum absolute atomic E-state index is 15.1. The van der Waals surface area contributed by atoms with Gasteiger partial charge in [0.15, 0.2) is 0 Å². The summed E-state index contributed by atoms with van der Waals surface area (Å²) in [6.07, 6.45) is 25.1. The molecule has 9 heteroatoms. The monoisotopic (exact) mass is 751 g/mol. The molecule has 1 N–H and O–H groups in total. The Morgan fingerprint density at radius 2 is 1.25 bits per heavy atom. The van der Waals surface area contributed by atoms with Crippen LogP contribution in [0.2, 0.25) is 0 Å². The number of carbonyl (C=O) groups excluding carboxylic acids is 4. The van der Waals surface area contributed by atoms with Crippen LogP contribution < -0.4 is 0 Å². The fraction of sp³-hybridized carbons (Fsp3) is 0.818. The van der Waals surface area contributed by atoms with Crippen LogP contribution in [0, 0.1) is 29.6 Å². The predicted molar refractivity (Wildman–Crippen MR) is 206 cm³/mol. The highest BCUT2D eigenvalue weighted by Crippen LogP contribution is 2.38. The van der Waals surface area contributed by atoms with E-state index in [0.29, 0.717) is 62.6 Å². The molecule has 0 aromatic rings. The first-order chi connectivity index (χ1) is 25.7. The minimum Gasteiger partial charge on any atom is -0.425 e. The molecule has 0 amide bonds. The zero-order valence-electron chi connectivity index (χ0n) is 33.4. The van der Waals surface area contributed by atoms with Gasteiger partial charge in [-0.1, -0.05) is 111 Å². The fourth-order valence-electron chi connectivity index (χ4n) is 8.75. The number of rotatable bonds is 30. The Morgan fingerprint density at radius 3 is 1.75 bits per heavy atom. The number of esters is 1. The van der Waals surface area contributed by atoms with Gasteiger partial charge in [0.2, 0.25) is 5.83 Å². The highest BCUT2D eigenvalue weighted by atomic mass is 19.1. The third-order valence-electron chi connectivity index (χ3n) is 11.9. The van der Waals surface area contributed by atoms with Crippen LogP contribution in [0.25, 0.3) is 0 Å². The number of hydrogen-bond donors (Lipinski definition) is 1. The third-order valence-corrected chi connectivity index (χ3v) is 11.9. The summed E-state index contributed by atoms with van der Waals surface area (Å²) in [5.41, 5.74) is -0.336. The molecule has 2 aliphatic carbocycles. The van der Waals surface area contributed by atoms with Crippen molar-refractivity contribution < 1.29 is 42.8 Å². The summed E-state index contributed by atoms with van der Waals surface area (Å²) in [5.74, 6) is -2.90. The number of hydrogen-bond acceptors (Lipinski definition) is 7. The van der Waals surface area contributed by atoms with Crippen molar-refractivity contribution in [2.75, 3.05) is 6.67 Å². The Morgan fingerprint density at radius 1 is 0.736 bits per heavy atom. The lowest BCUT2D eigenvalue weighted by Crippen LogP contribution is -2.20. The number of unbranched alkanes of at least 4 members (excludes halogenated alkanes) is 12. The summed E-state index contributed by atoms with van der Waals surface area (Å²) < 4.78 is 34.2. The van der Waals surface area contributed by atoms with Gasteiger partial charge in [0.05, 0.1) is 12.2 Å². The van der Waals surface area contributed by atoms with E-state index < -0.39 is 36.8 Å². The van der Waals surface area contributed by atoms with E-state index in [1.807, 2.05) is 6.92 Å². The average molecular weight is 751 g/mol. The third kappa shape index (κ3) is 17.3. The van der Waals surface area contributed by atoms with Crippen LogP contribution in [0.1, 0.15) is 194 Å². The molecule has 53 heavy (non-hydrogen) atoms. The van der Waals surface area contributed by atoms with Gasteiger partial charge in [0.25, 0.3) is 0 Å². The molecule has 0 saturated heterocycles. The minimum atomic E-state index is -1.28. The number of allylic oxidation sites excluding steroid dienone is 2. The number of ketones is 2. The lowest BCUT2D eigenvalue weighted by molar-refractivity contribution is -0.229. The van der Waals surface area contributed by atoms with Gasteiger partial charge < -0.3 is 4.74 Å². The molecular formula is C44H72F2O7. The number of Topliss-reactive ketones (excluding diaryl/α,β-unsaturated/α-hetero) is 2. The van der Waals surface area contributed by atoms with E-state index in [2.05, 4.69) is 18.7 Å². The maximum Gasteiger partial charge on any atom is 0.372 e. The zero-order chi connectivity index (χ0) is 38.8. The van der Waals surface area contributed by atoms with Gasteiger partial charge in [-0.15, -0.1) is 0 Å². The second-order valence-electron chi connectivity index (χ2n) is 15.8. The lowest BCUT2D eigenvalue weighted by Gasteiger charge is -2.23. The molecule has 304 valence electrons. The Bertz CT molecular complexity index is 1150. The Kier molecular flexibility index (Phi) is 24.7. The van der Waals surface area contributed by atoms with Crippen LogP contribution in [0.15, 0.2) is 23.2 Å². The van der Waals surface area contributed by atoms with Crippen molar-refractivity contribution in [2.24, 2.45) is 29.6 Å². The minimum absolute atomic E-state index is 0.0239. The second-order valence-corrected chi connectivity index (χ2v) is 15.8. The molecule has 2 fully saturated rings. The summed E-state index contributed by atoms with van der Waals surface area (Å²) in [7, 11) is 0. The van der Waals surface area contributed by atoms with Gasteiger partial charge in [-0.2, -0.15) is 9.65 Å². The van der Waals surface area contributed by atoms with Gasteiger partial charge in [0.1, 0.15) is 17.3 Å². The Hall–Kier alpha value is -2.42. The summed E-state index contributed by atoms with van der Waals surface area (Å²) in [5, 5.41) is 9.16. The van der Waals surface area contributed by atoms with Gasteiger partial charge in [0, 0.05) is 37.0 Å². The van der Waals surface area contributed by atoms with Crippen molar-refractivity contribution in [1.82, 2.24) is 0 Å². The Balaban J connectivity index is 1.96. The van der Waals surface area contributed by atoms with Crippen LogP contribution in [-0.4, -0.2) is 35.4 Å². The summed E-state index contributed by atoms with van der Waals surface area (Å²) >= 11 is 0. The molecule has 2 saturated carbocycles. The summed E-state index contributed by atoms with van der Waals surface area (Å²) in [6.45, 7) is 5.27. The molecule has 0 spiro atoms. The predicted octanol–water partition coefficient (Wildman–Crippen LogP) is 12.5. The van der Waals surface area contributed by atoms with E-state index in [9.17, 15) is 23.6 Å². The van der Waals surface area contributed by atoms with Gasteiger partial charge in [-0.05, 0) is 82.1 Å². The van der Waals surface area contributed by atoms with Gasteiger partial charge in [-0.25, -0.2) is 9.59 Å². The maximum atomic E-state index is 15.1. The molecule has 5 atom stereocenters. The van der Waals surface area contributed by atoms with Crippen molar-refractivity contribution >= 4 is 23.5 Å². The number of alkyl halides is 1. The number of carbonyl (C=O) groups is 4. The van der Waals surface area contributed by atoms with Crippen LogP contribution in [-0.2, 0) is 28.8 Å². The van der Waals surface area contributed by atoms with Crippen molar-refractivity contribution in [3.8, 4) is 0 Å². The van der Waals surface area contributed by atoms with Crippen LogP contribution in [0.5, 0.6) is 0 Å². The largest absolute Gasteiger partial charge is 0.425 e. The molecule has 0 aromatic heterocycles. The standard InChI is InChI=1S/C44H72F2O7/c1-4-7-9-11-13-16-21-34-27-29-40(47)36(34)24-18-15-19-26-39(46)44(50)52-42(38(31-32-45)43(49)53-51)33(6-3)23-20-25-37-35(28-30-41(37)48)22-17-14-12-10-8-5-2/h26,33-37,51H,4-25,27-32H2,1-3H3/t33?,34-,35-,36+,37+/m0/s1. The van der Waals surface area contributed by atoms with E-state index in [4.69, 9.17) is 9.99 Å². The van der Waals surface area contributed by atoms with Gasteiger partial charge >= 0.3 is 11.9 Å². The van der Waals surface area contributed by atoms with E-state index in [1.54, 1.807) is 0 Å². The molecule has 0 radical (unpaired) electrons. The second kappa shape index (κ2) is 28.1. The van der Waals surface area contributed by atoms with Gasteiger partial charge in [-0.3, -0.25) is 18.9 Å². The number of ether oxygens (including phenoxy) is 1.